The standard InChI is InChI=1S/C9H12N3/c1-7(2)9-8-4-3-5-12(8)11-6-10-9/h3-8H,1-2H3/q+1. The number of rotatable bonds is 1. The highest BCUT2D eigenvalue weighted by Crippen LogP contribution is 2.13. The second kappa shape index (κ2) is 2.66. The zero-order valence-electron chi connectivity index (χ0n) is 7.31. The Morgan fingerprint density at radius 2 is 2.33 bits per heavy atom. The summed E-state index contributed by atoms with van der Waals surface area (Å²) in [6, 6.07) is 0.273. The Hall–Kier alpha value is -1.25. The molecule has 3 heteroatoms. The highest BCUT2D eigenvalue weighted by Gasteiger charge is 2.31. The van der Waals surface area contributed by atoms with E-state index in [1.165, 1.54) is 5.71 Å². The molecule has 0 aromatic rings. The average molecular weight is 162 g/mol. The summed E-state index contributed by atoms with van der Waals surface area (Å²) in [5.74, 6) is 0.486. The first kappa shape index (κ1) is 7.40. The Bertz CT molecular complexity index is 308. The van der Waals surface area contributed by atoms with Gasteiger partial charge in [-0.15, -0.1) is 0 Å². The van der Waals surface area contributed by atoms with Crippen molar-refractivity contribution < 1.29 is 4.68 Å². The number of aliphatic imine (C=N–C) groups is 1. The predicted molar refractivity (Wildman–Crippen MR) is 50.0 cm³/mol. The lowest BCUT2D eigenvalue weighted by molar-refractivity contribution is -0.536. The fraction of sp³-hybridized carbons (Fsp3) is 0.444. The second-order valence-electron chi connectivity index (χ2n) is 3.30. The van der Waals surface area contributed by atoms with E-state index in [1.54, 1.807) is 6.34 Å². The van der Waals surface area contributed by atoms with E-state index >= 15 is 0 Å². The van der Waals surface area contributed by atoms with Gasteiger partial charge in [-0.25, -0.2) is 4.99 Å². The lowest BCUT2D eigenvalue weighted by Gasteiger charge is -2.13. The molecule has 0 saturated heterocycles. The minimum absolute atomic E-state index is 0.273. The Kier molecular flexibility index (Phi) is 1.64. The molecule has 2 aliphatic rings. The highest BCUT2D eigenvalue weighted by molar-refractivity contribution is 5.98. The molecule has 0 spiro atoms. The third-order valence-electron chi connectivity index (χ3n) is 2.10. The van der Waals surface area contributed by atoms with Crippen molar-refractivity contribution in [1.82, 2.24) is 0 Å². The molecule has 3 nitrogen and oxygen atoms in total. The molecule has 2 aliphatic heterocycles. The molecule has 0 fully saturated rings. The number of hydrogen-bond donors (Lipinski definition) is 0. The highest BCUT2D eigenvalue weighted by atomic mass is 15.4. The summed E-state index contributed by atoms with van der Waals surface area (Å²) in [6.45, 7) is 4.31. The van der Waals surface area contributed by atoms with Crippen molar-refractivity contribution >= 4 is 18.3 Å². The van der Waals surface area contributed by atoms with Gasteiger partial charge in [0.15, 0.2) is 12.6 Å². The lowest BCUT2D eigenvalue weighted by atomic mass is 10.0. The topological polar surface area (TPSA) is 27.7 Å². The molecule has 1 atom stereocenters. The van der Waals surface area contributed by atoms with Crippen LogP contribution in [0.5, 0.6) is 0 Å². The van der Waals surface area contributed by atoms with Crippen molar-refractivity contribution in [3.05, 3.63) is 12.2 Å². The van der Waals surface area contributed by atoms with Gasteiger partial charge >= 0.3 is 0 Å². The third kappa shape index (κ3) is 1.02. The fourth-order valence-corrected chi connectivity index (χ4v) is 1.49. The van der Waals surface area contributed by atoms with Crippen LogP contribution in [-0.4, -0.2) is 29.0 Å². The molecule has 0 N–H and O–H groups in total. The first-order valence-corrected chi connectivity index (χ1v) is 4.19. The van der Waals surface area contributed by atoms with Crippen LogP contribution >= 0.6 is 0 Å². The summed E-state index contributed by atoms with van der Waals surface area (Å²) < 4.78 is 1.93. The zero-order valence-corrected chi connectivity index (χ0v) is 7.31. The SMILES string of the molecule is CC(C)C1=NC=N[N+]2=CC=CC12. The van der Waals surface area contributed by atoms with Gasteiger partial charge in [-0.3, -0.25) is 0 Å². The first-order chi connectivity index (χ1) is 5.79. The van der Waals surface area contributed by atoms with Gasteiger partial charge in [0.1, 0.15) is 0 Å². The molecular formula is C9H12N3+. The van der Waals surface area contributed by atoms with E-state index in [0.29, 0.717) is 5.92 Å². The lowest BCUT2D eigenvalue weighted by Crippen LogP contribution is -2.33. The van der Waals surface area contributed by atoms with Crippen molar-refractivity contribution in [2.24, 2.45) is 16.0 Å². The minimum atomic E-state index is 0.273. The van der Waals surface area contributed by atoms with Crippen LogP contribution in [0.4, 0.5) is 0 Å². The van der Waals surface area contributed by atoms with Crippen LogP contribution in [0.2, 0.25) is 0 Å². The van der Waals surface area contributed by atoms with E-state index in [0.717, 1.165) is 0 Å². The first-order valence-electron chi connectivity index (χ1n) is 4.19. The molecular weight excluding hydrogens is 150 g/mol. The smallest absolute Gasteiger partial charge is 0.232 e. The van der Waals surface area contributed by atoms with Gasteiger partial charge in [0.25, 0.3) is 0 Å². The van der Waals surface area contributed by atoms with Crippen LogP contribution in [-0.2, 0) is 0 Å². The fourth-order valence-electron chi connectivity index (χ4n) is 1.49. The monoisotopic (exact) mass is 162 g/mol. The van der Waals surface area contributed by atoms with Gasteiger partial charge in [-0.05, 0) is 12.0 Å². The van der Waals surface area contributed by atoms with Crippen molar-refractivity contribution in [3.63, 3.8) is 0 Å². The second-order valence-corrected chi connectivity index (χ2v) is 3.30. The third-order valence-corrected chi connectivity index (χ3v) is 2.10. The molecule has 2 heterocycles. The van der Waals surface area contributed by atoms with Gasteiger partial charge < -0.3 is 0 Å². The Morgan fingerprint density at radius 1 is 1.50 bits per heavy atom. The van der Waals surface area contributed by atoms with Gasteiger partial charge in [-0.2, -0.15) is 0 Å². The molecule has 0 radical (unpaired) electrons. The number of hydrogen-bond acceptors (Lipinski definition) is 2. The molecule has 0 aromatic carbocycles. The minimum Gasteiger partial charge on any atom is -0.232 e. The number of nitrogens with zero attached hydrogens (tertiary/aromatic N) is 3. The number of fused-ring (bicyclic) bond motifs is 1. The summed E-state index contributed by atoms with van der Waals surface area (Å²) in [5, 5.41) is 4.13. The molecule has 0 aliphatic carbocycles. The summed E-state index contributed by atoms with van der Waals surface area (Å²) >= 11 is 0. The molecule has 2 rings (SSSR count). The van der Waals surface area contributed by atoms with E-state index in [9.17, 15) is 0 Å². The van der Waals surface area contributed by atoms with Crippen LogP contribution < -0.4 is 0 Å². The molecule has 12 heavy (non-hydrogen) atoms. The van der Waals surface area contributed by atoms with Gasteiger partial charge in [0.05, 0.1) is 5.71 Å². The van der Waals surface area contributed by atoms with Crippen LogP contribution in [0.1, 0.15) is 13.8 Å². The van der Waals surface area contributed by atoms with Crippen molar-refractivity contribution in [2.45, 2.75) is 19.9 Å². The van der Waals surface area contributed by atoms with E-state index in [2.05, 4.69) is 30.0 Å². The zero-order chi connectivity index (χ0) is 8.55. The van der Waals surface area contributed by atoms with Gasteiger partial charge in [-0.1, -0.05) is 18.5 Å². The van der Waals surface area contributed by atoms with Crippen LogP contribution in [0.3, 0.4) is 0 Å². The molecule has 62 valence electrons. The number of hydrazone groups is 1. The Morgan fingerprint density at radius 3 is 3.08 bits per heavy atom. The summed E-state index contributed by atoms with van der Waals surface area (Å²) in [4.78, 5) is 4.28. The van der Waals surface area contributed by atoms with E-state index in [1.807, 2.05) is 17.0 Å². The van der Waals surface area contributed by atoms with Crippen LogP contribution in [0.25, 0.3) is 0 Å². The van der Waals surface area contributed by atoms with Crippen molar-refractivity contribution in [2.75, 3.05) is 0 Å². The van der Waals surface area contributed by atoms with Gasteiger partial charge in [0.2, 0.25) is 6.04 Å². The summed E-state index contributed by atoms with van der Waals surface area (Å²) in [6.07, 6.45) is 7.73. The van der Waals surface area contributed by atoms with Crippen molar-refractivity contribution in [3.8, 4) is 0 Å². The predicted octanol–water partition coefficient (Wildman–Crippen LogP) is 1.06. The quantitative estimate of drug-likeness (QED) is 0.516. The number of allylic oxidation sites excluding steroid dienone is 1. The van der Waals surface area contributed by atoms with E-state index in [4.69, 9.17) is 0 Å². The maximum Gasteiger partial charge on any atom is 0.241 e. The van der Waals surface area contributed by atoms with Crippen LogP contribution in [0.15, 0.2) is 22.2 Å². The maximum atomic E-state index is 4.28. The van der Waals surface area contributed by atoms with Gasteiger partial charge in [0, 0.05) is 11.2 Å². The molecule has 0 amide bonds. The average Bonchev–Trinajstić information content (AvgIpc) is 2.49. The largest absolute Gasteiger partial charge is 0.241 e. The van der Waals surface area contributed by atoms with E-state index in [-0.39, 0.29) is 6.04 Å². The Labute approximate surface area is 71.8 Å². The van der Waals surface area contributed by atoms with Crippen molar-refractivity contribution in [1.29, 1.82) is 0 Å². The summed E-state index contributed by atoms with van der Waals surface area (Å²) in [7, 11) is 0. The normalized spacial score (nSPS) is 25.8. The maximum absolute atomic E-state index is 4.28. The molecule has 1 unspecified atom stereocenters. The van der Waals surface area contributed by atoms with E-state index < -0.39 is 0 Å². The molecule has 0 aromatic heterocycles. The molecule has 0 saturated carbocycles. The van der Waals surface area contributed by atoms with Crippen LogP contribution in [0, 0.1) is 5.92 Å². The summed E-state index contributed by atoms with van der Waals surface area (Å²) in [5.41, 5.74) is 1.19. The molecule has 0 bridgehead atoms. The Balaban J connectivity index is 2.35.